The molecule has 1 N–H and O–H groups in total. The molecule has 4 atom stereocenters. The maximum Gasteiger partial charge on any atom is 0.229 e. The number of likely N-dealkylation sites (tertiary alicyclic amines) is 1. The maximum atomic E-state index is 13.7. The number of rotatable bonds is 5. The number of para-hydroxylation sites is 1. The fraction of sp³-hybridized carbons (Fsp3) is 0.367. The molecule has 4 nitrogen and oxygen atoms in total. The Morgan fingerprint density at radius 2 is 1.53 bits per heavy atom. The Morgan fingerprint density at radius 1 is 0.941 bits per heavy atom. The topological polar surface area (TPSA) is 49.8 Å². The molecule has 0 spiro atoms. The number of nitrogens with zero attached hydrogens (tertiary/aromatic N) is 1. The molecule has 0 radical (unpaired) electrons. The van der Waals surface area contributed by atoms with Gasteiger partial charge in [-0.25, -0.2) is 0 Å². The van der Waals surface area contributed by atoms with Crippen LogP contribution in [0.15, 0.2) is 84.9 Å². The number of benzene rings is 3. The molecule has 3 aromatic carbocycles. The van der Waals surface area contributed by atoms with Crippen molar-refractivity contribution in [3.63, 3.8) is 0 Å². The first-order valence-corrected chi connectivity index (χ1v) is 12.3. The highest BCUT2D eigenvalue weighted by Crippen LogP contribution is 2.53. The van der Waals surface area contributed by atoms with Crippen molar-refractivity contribution in [3.8, 4) is 5.75 Å². The van der Waals surface area contributed by atoms with E-state index in [1.165, 1.54) is 11.1 Å². The largest absolute Gasteiger partial charge is 0.496 e. The Labute approximate surface area is 202 Å². The lowest BCUT2D eigenvalue weighted by atomic mass is 9.56. The molecular formula is C30H33NO3. The molecule has 4 unspecified atom stereocenters. The van der Waals surface area contributed by atoms with E-state index in [2.05, 4.69) is 60.7 Å². The van der Waals surface area contributed by atoms with Crippen LogP contribution in [0.3, 0.4) is 0 Å². The van der Waals surface area contributed by atoms with Gasteiger partial charge >= 0.3 is 0 Å². The first-order valence-electron chi connectivity index (χ1n) is 12.3. The predicted molar refractivity (Wildman–Crippen MR) is 134 cm³/mol. The van der Waals surface area contributed by atoms with Crippen LogP contribution in [0.25, 0.3) is 0 Å². The number of carbonyl (C=O) groups is 1. The highest BCUT2D eigenvalue weighted by Gasteiger charge is 2.55. The van der Waals surface area contributed by atoms with Crippen LogP contribution < -0.4 is 4.74 Å². The van der Waals surface area contributed by atoms with E-state index in [1.54, 1.807) is 7.11 Å². The third kappa shape index (κ3) is 3.70. The molecule has 0 aromatic heterocycles. The monoisotopic (exact) mass is 455 g/mol. The van der Waals surface area contributed by atoms with Crippen molar-refractivity contribution in [1.82, 2.24) is 4.90 Å². The predicted octanol–water partition coefficient (Wildman–Crippen LogP) is 5.01. The summed E-state index contributed by atoms with van der Waals surface area (Å²) in [6.45, 7) is 3.19. The summed E-state index contributed by atoms with van der Waals surface area (Å²) in [4.78, 5) is 15.7. The van der Waals surface area contributed by atoms with Crippen LogP contribution >= 0.6 is 0 Å². The summed E-state index contributed by atoms with van der Waals surface area (Å²) >= 11 is 0. The number of methoxy groups -OCH3 is 1. The molecule has 4 heteroatoms. The van der Waals surface area contributed by atoms with Crippen molar-refractivity contribution in [2.45, 2.75) is 37.2 Å². The second kappa shape index (κ2) is 9.27. The van der Waals surface area contributed by atoms with Crippen LogP contribution in [-0.2, 0) is 10.2 Å². The third-order valence-corrected chi connectivity index (χ3v) is 8.19. The Morgan fingerprint density at radius 3 is 2.15 bits per heavy atom. The number of amides is 1. The number of fused-ring (bicyclic) bond motifs is 1. The van der Waals surface area contributed by atoms with Gasteiger partial charge in [0.05, 0.1) is 19.1 Å². The molecule has 0 bridgehead atoms. The zero-order chi connectivity index (χ0) is 23.7. The summed E-state index contributed by atoms with van der Waals surface area (Å²) < 4.78 is 5.53. The highest BCUT2D eigenvalue weighted by atomic mass is 16.5. The second-order valence-corrected chi connectivity index (χ2v) is 9.79. The number of ether oxygens (including phenoxy) is 1. The summed E-state index contributed by atoms with van der Waals surface area (Å²) in [6.07, 6.45) is 1.20. The van der Waals surface area contributed by atoms with E-state index >= 15 is 0 Å². The molecule has 5 rings (SSSR count). The van der Waals surface area contributed by atoms with E-state index in [0.29, 0.717) is 13.1 Å². The third-order valence-electron chi connectivity index (χ3n) is 8.19. The van der Waals surface area contributed by atoms with Crippen LogP contribution in [0.2, 0.25) is 0 Å². The van der Waals surface area contributed by atoms with Crippen molar-refractivity contribution in [2.75, 3.05) is 20.2 Å². The molecule has 1 aliphatic heterocycles. The van der Waals surface area contributed by atoms with Crippen molar-refractivity contribution in [3.05, 3.63) is 102 Å². The molecule has 1 saturated carbocycles. The molecule has 3 aromatic rings. The lowest BCUT2D eigenvalue weighted by Crippen LogP contribution is -2.48. The minimum atomic E-state index is -0.398. The fourth-order valence-corrected chi connectivity index (χ4v) is 6.48. The SMILES string of the molecule is COc1ccccc1C(C)C(=O)N1CC2C(O)CCC(c3ccccc3)(c3ccccc3)C2C1. The molecule has 1 saturated heterocycles. The van der Waals surface area contributed by atoms with Crippen molar-refractivity contribution in [1.29, 1.82) is 0 Å². The van der Waals surface area contributed by atoms with Gasteiger partial charge in [-0.3, -0.25) is 4.79 Å². The van der Waals surface area contributed by atoms with Crippen molar-refractivity contribution in [2.24, 2.45) is 11.8 Å². The normalized spacial score (nSPS) is 24.3. The minimum absolute atomic E-state index is 0.0444. The van der Waals surface area contributed by atoms with Gasteiger partial charge in [-0.05, 0) is 42.9 Å². The van der Waals surface area contributed by atoms with Gasteiger partial charge in [0, 0.05) is 30.0 Å². The number of hydrogen-bond acceptors (Lipinski definition) is 3. The minimum Gasteiger partial charge on any atom is -0.496 e. The fourth-order valence-electron chi connectivity index (χ4n) is 6.48. The number of carbonyl (C=O) groups excluding carboxylic acids is 1. The van der Waals surface area contributed by atoms with Gasteiger partial charge in [0.2, 0.25) is 5.91 Å². The zero-order valence-electron chi connectivity index (χ0n) is 19.9. The molecule has 176 valence electrons. The quantitative estimate of drug-likeness (QED) is 0.588. The average molecular weight is 456 g/mol. The number of aliphatic hydroxyl groups excluding tert-OH is 1. The Hall–Kier alpha value is -3.11. The summed E-state index contributed by atoms with van der Waals surface area (Å²) in [5.74, 6) is 0.721. The van der Waals surface area contributed by atoms with Gasteiger partial charge in [0.1, 0.15) is 5.75 Å². The maximum absolute atomic E-state index is 13.7. The molecule has 2 aliphatic rings. The van der Waals surface area contributed by atoms with Crippen LogP contribution in [0, 0.1) is 11.8 Å². The second-order valence-electron chi connectivity index (χ2n) is 9.79. The van der Waals surface area contributed by atoms with Gasteiger partial charge in [0.15, 0.2) is 0 Å². The number of aliphatic hydroxyl groups is 1. The van der Waals surface area contributed by atoms with Crippen LogP contribution in [0.5, 0.6) is 5.75 Å². The van der Waals surface area contributed by atoms with Crippen LogP contribution in [0.4, 0.5) is 0 Å². The van der Waals surface area contributed by atoms with Gasteiger partial charge in [-0.1, -0.05) is 78.9 Å². The summed E-state index contributed by atoms with van der Waals surface area (Å²) in [5.41, 5.74) is 3.22. The first kappa shape index (κ1) is 22.7. The van der Waals surface area contributed by atoms with E-state index in [4.69, 9.17) is 4.74 Å². The van der Waals surface area contributed by atoms with E-state index in [-0.39, 0.29) is 29.1 Å². The summed E-state index contributed by atoms with van der Waals surface area (Å²) in [5, 5.41) is 11.1. The number of hydrogen-bond donors (Lipinski definition) is 1. The van der Waals surface area contributed by atoms with E-state index in [0.717, 1.165) is 24.2 Å². The Kier molecular flexibility index (Phi) is 6.18. The zero-order valence-corrected chi connectivity index (χ0v) is 19.9. The van der Waals surface area contributed by atoms with E-state index in [9.17, 15) is 9.90 Å². The summed E-state index contributed by atoms with van der Waals surface area (Å²) in [6, 6.07) is 29.1. The van der Waals surface area contributed by atoms with Gasteiger partial charge in [-0.15, -0.1) is 0 Å². The first-order chi connectivity index (χ1) is 16.6. The highest BCUT2D eigenvalue weighted by molar-refractivity contribution is 5.84. The van der Waals surface area contributed by atoms with Gasteiger partial charge < -0.3 is 14.7 Å². The molecule has 1 heterocycles. The lowest BCUT2D eigenvalue weighted by molar-refractivity contribution is -0.131. The summed E-state index contributed by atoms with van der Waals surface area (Å²) in [7, 11) is 1.64. The molecule has 1 amide bonds. The smallest absolute Gasteiger partial charge is 0.229 e. The standard InChI is InChI=1S/C30H33NO3/c1-21(24-15-9-10-16-28(24)34-2)29(33)31-19-25-26(20-31)30(18-17-27(25)32,22-11-5-3-6-12-22)23-13-7-4-8-14-23/h3-16,21,25-27,32H,17-20H2,1-2H3. The van der Waals surface area contributed by atoms with Gasteiger partial charge in [-0.2, -0.15) is 0 Å². The molecule has 1 aliphatic carbocycles. The Balaban J connectivity index is 1.52. The van der Waals surface area contributed by atoms with E-state index < -0.39 is 6.10 Å². The molecule has 2 fully saturated rings. The average Bonchev–Trinajstić information content (AvgIpc) is 3.36. The van der Waals surface area contributed by atoms with Crippen LogP contribution in [0.1, 0.15) is 42.4 Å². The molecular weight excluding hydrogens is 422 g/mol. The Bertz CT molecular complexity index is 1090. The van der Waals surface area contributed by atoms with Gasteiger partial charge in [0.25, 0.3) is 0 Å². The van der Waals surface area contributed by atoms with Crippen LogP contribution in [-0.4, -0.2) is 42.2 Å². The van der Waals surface area contributed by atoms with Crippen molar-refractivity contribution < 1.29 is 14.6 Å². The lowest BCUT2D eigenvalue weighted by Gasteiger charge is -2.48. The molecule has 34 heavy (non-hydrogen) atoms. The van der Waals surface area contributed by atoms with E-state index in [1.807, 2.05) is 36.1 Å². The van der Waals surface area contributed by atoms with Crippen molar-refractivity contribution >= 4 is 5.91 Å².